The molecule has 1 amide bonds. The van der Waals surface area contributed by atoms with E-state index in [2.05, 4.69) is 45.4 Å². The summed E-state index contributed by atoms with van der Waals surface area (Å²) < 4.78 is 0. The lowest BCUT2D eigenvalue weighted by Gasteiger charge is -2.12. The van der Waals surface area contributed by atoms with Crippen LogP contribution in [0.25, 0.3) is 0 Å². The van der Waals surface area contributed by atoms with E-state index in [4.69, 9.17) is 0 Å². The quantitative estimate of drug-likeness (QED) is 0.497. The molecular weight excluding hydrogens is 356 g/mol. The molecule has 6 heteroatoms. The zero-order valence-corrected chi connectivity index (χ0v) is 16.6. The summed E-state index contributed by atoms with van der Waals surface area (Å²) in [5.74, 6) is 1.12. The van der Waals surface area contributed by atoms with Gasteiger partial charge >= 0.3 is 0 Å². The summed E-state index contributed by atoms with van der Waals surface area (Å²) in [5.41, 5.74) is 1.93. The summed E-state index contributed by atoms with van der Waals surface area (Å²) in [4.78, 5) is 18.3. The predicted octanol–water partition coefficient (Wildman–Crippen LogP) is 4.13. The average Bonchev–Trinajstić information content (AvgIpc) is 3.38. The van der Waals surface area contributed by atoms with Crippen molar-refractivity contribution in [2.45, 2.75) is 45.7 Å². The maximum absolute atomic E-state index is 12.3. The maximum atomic E-state index is 12.3. The smallest absolute Gasteiger partial charge is 0.227 e. The number of benzene rings is 1. The first-order valence-electron chi connectivity index (χ1n) is 9.69. The second kappa shape index (κ2) is 10.1. The van der Waals surface area contributed by atoms with Crippen molar-refractivity contribution in [1.82, 2.24) is 10.6 Å². The van der Waals surface area contributed by atoms with Crippen molar-refractivity contribution in [3.8, 4) is 0 Å². The van der Waals surface area contributed by atoms with Gasteiger partial charge in [0, 0.05) is 23.0 Å². The zero-order valence-electron chi connectivity index (χ0n) is 15.8. The molecule has 3 rings (SSSR count). The Labute approximate surface area is 165 Å². The largest absolute Gasteiger partial charge is 0.357 e. The van der Waals surface area contributed by atoms with Crippen molar-refractivity contribution >= 4 is 28.9 Å². The summed E-state index contributed by atoms with van der Waals surface area (Å²) in [5, 5.41) is 11.8. The topological polar surface area (TPSA) is 65.5 Å². The van der Waals surface area contributed by atoms with Gasteiger partial charge in [0.15, 0.2) is 5.96 Å². The molecule has 0 unspecified atom stereocenters. The second-order valence-electron chi connectivity index (χ2n) is 6.80. The van der Waals surface area contributed by atoms with Crippen molar-refractivity contribution in [2.24, 2.45) is 10.9 Å². The fraction of sp³-hybridized carbons (Fsp3) is 0.429. The van der Waals surface area contributed by atoms with Crippen LogP contribution in [-0.2, 0) is 17.9 Å². The van der Waals surface area contributed by atoms with Gasteiger partial charge in [-0.15, -0.1) is 11.3 Å². The number of guanidine groups is 1. The minimum absolute atomic E-state index is 0.152. The number of anilines is 1. The molecule has 1 aliphatic carbocycles. The van der Waals surface area contributed by atoms with Crippen LogP contribution in [0.3, 0.4) is 0 Å². The molecule has 1 aromatic carbocycles. The summed E-state index contributed by atoms with van der Waals surface area (Å²) in [6.07, 6.45) is 4.35. The Bertz CT molecular complexity index is 751. The van der Waals surface area contributed by atoms with E-state index in [1.54, 1.807) is 11.3 Å². The number of hydrogen-bond donors (Lipinski definition) is 3. The van der Waals surface area contributed by atoms with E-state index in [1.165, 1.54) is 17.7 Å². The fourth-order valence-electron chi connectivity index (χ4n) is 3.28. The van der Waals surface area contributed by atoms with Crippen LogP contribution >= 0.6 is 11.3 Å². The monoisotopic (exact) mass is 384 g/mol. The molecule has 1 saturated carbocycles. The first kappa shape index (κ1) is 19.4. The molecule has 1 aliphatic rings. The molecule has 0 radical (unpaired) electrons. The number of amides is 1. The van der Waals surface area contributed by atoms with E-state index in [0.29, 0.717) is 6.54 Å². The van der Waals surface area contributed by atoms with Crippen LogP contribution in [-0.4, -0.2) is 18.4 Å². The highest BCUT2D eigenvalue weighted by Crippen LogP contribution is 2.26. The molecule has 5 nitrogen and oxygen atoms in total. The minimum Gasteiger partial charge on any atom is -0.357 e. The Morgan fingerprint density at radius 3 is 2.78 bits per heavy atom. The van der Waals surface area contributed by atoms with Crippen LogP contribution in [0.5, 0.6) is 0 Å². The number of aliphatic imine (C=N–C) groups is 1. The number of hydrogen-bond acceptors (Lipinski definition) is 3. The number of nitrogens with zero attached hydrogens (tertiary/aromatic N) is 1. The Kier molecular flexibility index (Phi) is 7.27. The van der Waals surface area contributed by atoms with Crippen LogP contribution in [0.4, 0.5) is 5.69 Å². The Morgan fingerprint density at radius 1 is 1.19 bits per heavy atom. The van der Waals surface area contributed by atoms with E-state index >= 15 is 0 Å². The highest BCUT2D eigenvalue weighted by molar-refractivity contribution is 7.09. The lowest BCUT2D eigenvalue weighted by atomic mass is 10.1. The summed E-state index contributed by atoms with van der Waals surface area (Å²) in [6, 6.07) is 12.1. The maximum Gasteiger partial charge on any atom is 0.227 e. The molecule has 0 aliphatic heterocycles. The van der Waals surface area contributed by atoms with Gasteiger partial charge in [-0.1, -0.05) is 31.0 Å². The zero-order chi connectivity index (χ0) is 18.9. The van der Waals surface area contributed by atoms with Crippen LogP contribution in [0.1, 0.15) is 43.0 Å². The van der Waals surface area contributed by atoms with Crippen molar-refractivity contribution in [1.29, 1.82) is 0 Å². The molecule has 1 heterocycles. The Balaban J connectivity index is 1.57. The van der Waals surface area contributed by atoms with Crippen LogP contribution in [0, 0.1) is 5.92 Å². The lowest BCUT2D eigenvalue weighted by molar-refractivity contribution is -0.119. The number of thiophene rings is 1. The first-order valence-corrected chi connectivity index (χ1v) is 10.6. The van der Waals surface area contributed by atoms with E-state index < -0.39 is 0 Å². The molecule has 0 bridgehead atoms. The van der Waals surface area contributed by atoms with Gasteiger partial charge in [-0.25, -0.2) is 4.99 Å². The third-order valence-electron chi connectivity index (χ3n) is 4.69. The highest BCUT2D eigenvalue weighted by Gasteiger charge is 2.22. The van der Waals surface area contributed by atoms with Gasteiger partial charge in [0.05, 0.1) is 13.1 Å². The number of carbonyl (C=O) groups is 1. The molecule has 0 atom stereocenters. The molecule has 0 spiro atoms. The molecule has 0 saturated heterocycles. The second-order valence-corrected chi connectivity index (χ2v) is 7.83. The van der Waals surface area contributed by atoms with Gasteiger partial charge in [0.1, 0.15) is 0 Å². The van der Waals surface area contributed by atoms with Gasteiger partial charge in [-0.05, 0) is 48.9 Å². The van der Waals surface area contributed by atoms with Gasteiger partial charge in [-0.3, -0.25) is 4.79 Å². The van der Waals surface area contributed by atoms with Crippen LogP contribution in [0.15, 0.2) is 46.8 Å². The molecule has 144 valence electrons. The summed E-state index contributed by atoms with van der Waals surface area (Å²) >= 11 is 1.73. The number of rotatable bonds is 7. The third-order valence-corrected chi connectivity index (χ3v) is 5.57. The normalized spacial score (nSPS) is 14.9. The third kappa shape index (κ3) is 6.10. The minimum atomic E-state index is 0.152. The fourth-order valence-corrected chi connectivity index (χ4v) is 3.92. The Hall–Kier alpha value is -2.34. The van der Waals surface area contributed by atoms with Gasteiger partial charge in [-0.2, -0.15) is 0 Å². The first-order chi connectivity index (χ1) is 13.2. The van der Waals surface area contributed by atoms with Crippen LogP contribution < -0.4 is 16.0 Å². The van der Waals surface area contributed by atoms with Crippen molar-refractivity contribution in [2.75, 3.05) is 11.9 Å². The van der Waals surface area contributed by atoms with Crippen molar-refractivity contribution in [3.63, 3.8) is 0 Å². The average molecular weight is 385 g/mol. The molecule has 2 aromatic rings. The summed E-state index contributed by atoms with van der Waals surface area (Å²) in [6.45, 7) is 4.20. The van der Waals surface area contributed by atoms with E-state index in [0.717, 1.165) is 43.1 Å². The Morgan fingerprint density at radius 2 is 2.04 bits per heavy atom. The molecule has 3 N–H and O–H groups in total. The van der Waals surface area contributed by atoms with E-state index in [1.807, 2.05) is 24.3 Å². The van der Waals surface area contributed by atoms with Crippen molar-refractivity contribution < 1.29 is 4.79 Å². The number of carbonyl (C=O) groups excluding carboxylic acids is 1. The van der Waals surface area contributed by atoms with Gasteiger partial charge in [0.2, 0.25) is 5.91 Å². The molecule has 1 fully saturated rings. The summed E-state index contributed by atoms with van der Waals surface area (Å²) in [7, 11) is 0. The predicted molar refractivity (Wildman–Crippen MR) is 113 cm³/mol. The van der Waals surface area contributed by atoms with Crippen LogP contribution in [0.2, 0.25) is 0 Å². The molecule has 1 aromatic heterocycles. The van der Waals surface area contributed by atoms with Crippen molar-refractivity contribution in [3.05, 3.63) is 52.2 Å². The molecule has 27 heavy (non-hydrogen) atoms. The van der Waals surface area contributed by atoms with E-state index in [-0.39, 0.29) is 11.8 Å². The SMILES string of the molecule is CCNC(=NCc1cccc(NC(=O)C2CCCC2)c1)NCc1cccs1. The standard InChI is InChI=1S/C21H28N4OS/c1-2-22-21(24-15-19-11-6-12-27-19)23-14-16-7-5-10-18(13-16)25-20(26)17-8-3-4-9-17/h5-7,10-13,17H,2-4,8-9,14-15H2,1H3,(H,25,26)(H2,22,23,24). The highest BCUT2D eigenvalue weighted by atomic mass is 32.1. The van der Waals surface area contributed by atoms with Gasteiger partial charge in [0.25, 0.3) is 0 Å². The lowest BCUT2D eigenvalue weighted by Crippen LogP contribution is -2.36. The molecular formula is C21H28N4OS. The van der Waals surface area contributed by atoms with Gasteiger partial charge < -0.3 is 16.0 Å². The number of nitrogens with one attached hydrogen (secondary N) is 3. The van der Waals surface area contributed by atoms with E-state index in [9.17, 15) is 4.79 Å².